The highest BCUT2D eigenvalue weighted by atomic mass is 32.2. The van der Waals surface area contributed by atoms with E-state index in [-0.39, 0.29) is 10.8 Å². The molecule has 9 heteroatoms. The van der Waals surface area contributed by atoms with E-state index in [1.54, 1.807) is 41.5 Å². The van der Waals surface area contributed by atoms with Crippen molar-refractivity contribution in [3.8, 4) is 0 Å². The van der Waals surface area contributed by atoms with Crippen LogP contribution in [0.5, 0.6) is 0 Å². The van der Waals surface area contributed by atoms with Crippen LogP contribution in [0.2, 0.25) is 0 Å². The molecule has 4 aromatic rings. The first-order valence-corrected chi connectivity index (χ1v) is 13.6. The lowest BCUT2D eigenvalue weighted by Crippen LogP contribution is -2.35. The Balaban J connectivity index is 1.37. The minimum atomic E-state index is -3.70. The van der Waals surface area contributed by atoms with Gasteiger partial charge in [0.15, 0.2) is 0 Å². The van der Waals surface area contributed by atoms with E-state index in [4.69, 9.17) is 4.98 Å². The zero-order valence-electron chi connectivity index (χ0n) is 19.1. The van der Waals surface area contributed by atoms with E-state index in [2.05, 4.69) is 4.57 Å². The number of aromatic nitrogens is 2. The number of fused-ring (bicyclic) bond motifs is 2. The number of thiophene rings is 1. The van der Waals surface area contributed by atoms with Crippen LogP contribution in [-0.4, -0.2) is 46.7 Å². The number of benzene rings is 2. The molecule has 0 unspecified atom stereocenters. The third kappa shape index (κ3) is 4.04. The summed E-state index contributed by atoms with van der Waals surface area (Å²) in [5.74, 6) is 0.550. The molecular weight excluding hydrogens is 468 g/mol. The molecule has 0 fully saturated rings. The first-order valence-electron chi connectivity index (χ1n) is 11.2. The monoisotopic (exact) mass is 494 g/mol. The maximum absolute atomic E-state index is 13.3. The van der Waals surface area contributed by atoms with Gasteiger partial charge in [-0.15, -0.1) is 11.3 Å². The van der Waals surface area contributed by atoms with Gasteiger partial charge in [0, 0.05) is 37.1 Å². The van der Waals surface area contributed by atoms with Crippen molar-refractivity contribution in [1.82, 2.24) is 18.8 Å². The number of aryl methyl sites for hydroxylation is 1. The standard InChI is InChI=1S/C25H26N4O3S2/c1-3-29-22-10-5-4-9-21(22)26-24(29)17-27(2)25(30)18-7-6-8-20(15-18)34(31,32)28-13-11-23-19(16-28)12-14-33-23/h4-10,12,14-15H,3,11,13,16-17H2,1-2H3. The molecule has 0 radical (unpaired) electrons. The van der Waals surface area contributed by atoms with Gasteiger partial charge in [-0.2, -0.15) is 4.31 Å². The van der Waals surface area contributed by atoms with E-state index in [1.807, 2.05) is 42.6 Å². The number of hydrogen-bond donors (Lipinski definition) is 0. The lowest BCUT2D eigenvalue weighted by Gasteiger charge is -2.26. The maximum Gasteiger partial charge on any atom is 0.254 e. The molecule has 0 bridgehead atoms. The van der Waals surface area contributed by atoms with Gasteiger partial charge < -0.3 is 9.47 Å². The minimum Gasteiger partial charge on any atom is -0.334 e. The zero-order chi connectivity index (χ0) is 23.9. The van der Waals surface area contributed by atoms with Gasteiger partial charge in [0.25, 0.3) is 5.91 Å². The van der Waals surface area contributed by atoms with Crippen molar-refractivity contribution in [3.63, 3.8) is 0 Å². The number of para-hydroxylation sites is 2. The van der Waals surface area contributed by atoms with Gasteiger partial charge >= 0.3 is 0 Å². The Hall–Kier alpha value is -3.01. The fraction of sp³-hybridized carbons (Fsp3) is 0.280. The van der Waals surface area contributed by atoms with Gasteiger partial charge in [-0.25, -0.2) is 13.4 Å². The smallest absolute Gasteiger partial charge is 0.254 e. The molecule has 5 rings (SSSR count). The number of sulfonamides is 1. The third-order valence-corrected chi connectivity index (χ3v) is 9.13. The molecule has 34 heavy (non-hydrogen) atoms. The average molecular weight is 495 g/mol. The van der Waals surface area contributed by atoms with Crippen LogP contribution in [0.15, 0.2) is 64.9 Å². The molecule has 0 saturated carbocycles. The molecule has 2 aromatic carbocycles. The van der Waals surface area contributed by atoms with E-state index in [0.29, 0.717) is 31.6 Å². The van der Waals surface area contributed by atoms with Crippen LogP contribution >= 0.6 is 11.3 Å². The van der Waals surface area contributed by atoms with Crippen molar-refractivity contribution in [3.05, 3.63) is 81.8 Å². The second-order valence-corrected chi connectivity index (χ2v) is 11.3. The summed E-state index contributed by atoms with van der Waals surface area (Å²) in [6.07, 6.45) is 0.714. The largest absolute Gasteiger partial charge is 0.334 e. The molecule has 2 aromatic heterocycles. The minimum absolute atomic E-state index is 0.145. The Labute approximate surface area is 203 Å². The Bertz CT molecular complexity index is 1470. The van der Waals surface area contributed by atoms with Crippen LogP contribution in [0.3, 0.4) is 0 Å². The first kappa shape index (κ1) is 22.8. The van der Waals surface area contributed by atoms with Crippen LogP contribution in [0.1, 0.15) is 33.5 Å². The van der Waals surface area contributed by atoms with Crippen molar-refractivity contribution in [1.29, 1.82) is 0 Å². The molecule has 0 spiro atoms. The highest BCUT2D eigenvalue weighted by Gasteiger charge is 2.29. The van der Waals surface area contributed by atoms with Gasteiger partial charge in [0.1, 0.15) is 5.82 Å². The fourth-order valence-electron chi connectivity index (χ4n) is 4.47. The van der Waals surface area contributed by atoms with Crippen LogP contribution in [0.25, 0.3) is 11.0 Å². The number of carbonyl (C=O) groups is 1. The predicted molar refractivity (Wildman–Crippen MR) is 133 cm³/mol. The summed E-state index contributed by atoms with van der Waals surface area (Å²) < 4.78 is 30.2. The van der Waals surface area contributed by atoms with Crippen molar-refractivity contribution in [2.24, 2.45) is 0 Å². The lowest BCUT2D eigenvalue weighted by atomic mass is 10.1. The Morgan fingerprint density at radius 3 is 2.79 bits per heavy atom. The van der Waals surface area contributed by atoms with Crippen molar-refractivity contribution < 1.29 is 13.2 Å². The van der Waals surface area contributed by atoms with E-state index in [1.165, 1.54) is 15.2 Å². The van der Waals surface area contributed by atoms with E-state index >= 15 is 0 Å². The van der Waals surface area contributed by atoms with Crippen LogP contribution in [-0.2, 0) is 36.1 Å². The second-order valence-electron chi connectivity index (χ2n) is 8.41. The van der Waals surface area contributed by atoms with E-state index in [9.17, 15) is 13.2 Å². The Morgan fingerprint density at radius 1 is 1.15 bits per heavy atom. The molecule has 0 N–H and O–H groups in total. The zero-order valence-corrected chi connectivity index (χ0v) is 20.8. The van der Waals surface area contributed by atoms with Crippen molar-refractivity contribution >= 4 is 38.3 Å². The summed E-state index contributed by atoms with van der Waals surface area (Å²) >= 11 is 1.67. The number of hydrogen-bond acceptors (Lipinski definition) is 5. The molecule has 1 aliphatic heterocycles. The number of rotatable bonds is 6. The average Bonchev–Trinajstić information content (AvgIpc) is 3.46. The molecule has 0 saturated heterocycles. The molecular formula is C25H26N4O3S2. The topological polar surface area (TPSA) is 75.5 Å². The number of nitrogens with zero attached hydrogens (tertiary/aromatic N) is 4. The lowest BCUT2D eigenvalue weighted by molar-refractivity contribution is 0.0780. The Kier molecular flexibility index (Phi) is 6.01. The summed E-state index contributed by atoms with van der Waals surface area (Å²) in [7, 11) is -1.99. The molecule has 1 aliphatic rings. The van der Waals surface area contributed by atoms with E-state index in [0.717, 1.165) is 29.0 Å². The molecule has 0 atom stereocenters. The fourth-order valence-corrected chi connectivity index (χ4v) is 6.82. The van der Waals surface area contributed by atoms with E-state index < -0.39 is 10.0 Å². The quantitative estimate of drug-likeness (QED) is 0.404. The second kappa shape index (κ2) is 8.98. The molecule has 7 nitrogen and oxygen atoms in total. The van der Waals surface area contributed by atoms with Gasteiger partial charge in [-0.3, -0.25) is 4.79 Å². The molecule has 0 aliphatic carbocycles. The van der Waals surface area contributed by atoms with Crippen LogP contribution in [0.4, 0.5) is 0 Å². The number of imidazole rings is 1. The summed E-state index contributed by atoms with van der Waals surface area (Å²) in [6, 6.07) is 16.2. The summed E-state index contributed by atoms with van der Waals surface area (Å²) in [5, 5.41) is 2.00. The van der Waals surface area contributed by atoms with Gasteiger partial charge in [-0.05, 0) is 60.7 Å². The normalized spacial score (nSPS) is 14.3. The number of amides is 1. The van der Waals surface area contributed by atoms with Crippen LogP contribution < -0.4 is 0 Å². The predicted octanol–water partition coefficient (Wildman–Crippen LogP) is 4.14. The van der Waals surface area contributed by atoms with Crippen molar-refractivity contribution in [2.45, 2.75) is 37.9 Å². The first-order chi connectivity index (χ1) is 16.4. The van der Waals surface area contributed by atoms with Crippen LogP contribution in [0, 0.1) is 0 Å². The summed E-state index contributed by atoms with van der Waals surface area (Å²) in [6.45, 7) is 3.93. The molecule has 3 heterocycles. The Morgan fingerprint density at radius 2 is 1.97 bits per heavy atom. The molecule has 1 amide bonds. The highest BCUT2D eigenvalue weighted by Crippen LogP contribution is 2.28. The number of carbonyl (C=O) groups excluding carboxylic acids is 1. The SMILES string of the molecule is CCn1c(CN(C)C(=O)c2cccc(S(=O)(=O)N3CCc4sccc4C3)c2)nc2ccccc21. The summed E-state index contributed by atoms with van der Waals surface area (Å²) in [5.41, 5.74) is 3.33. The summed E-state index contributed by atoms with van der Waals surface area (Å²) in [4.78, 5) is 20.9. The van der Waals surface area contributed by atoms with Gasteiger partial charge in [0.05, 0.1) is 22.5 Å². The third-order valence-electron chi connectivity index (χ3n) is 6.27. The van der Waals surface area contributed by atoms with Crippen molar-refractivity contribution in [2.75, 3.05) is 13.6 Å². The maximum atomic E-state index is 13.3. The van der Waals surface area contributed by atoms with Gasteiger partial charge in [-0.1, -0.05) is 18.2 Å². The highest BCUT2D eigenvalue weighted by molar-refractivity contribution is 7.89. The van der Waals surface area contributed by atoms with Gasteiger partial charge in [0.2, 0.25) is 10.0 Å². The molecule has 176 valence electrons.